The van der Waals surface area contributed by atoms with E-state index in [1.807, 2.05) is 29.9 Å². The summed E-state index contributed by atoms with van der Waals surface area (Å²) < 4.78 is 15.5. The first-order valence-corrected chi connectivity index (χ1v) is 7.03. The molecule has 0 bridgehead atoms. The van der Waals surface area contributed by atoms with E-state index in [0.29, 0.717) is 11.4 Å². The first kappa shape index (κ1) is 14.7. The van der Waals surface area contributed by atoms with E-state index in [-0.39, 0.29) is 11.9 Å². The zero-order valence-corrected chi connectivity index (χ0v) is 12.4. The Balaban J connectivity index is 1.98. The fraction of sp³-hybridized carbons (Fsp3) is 0.118. The van der Waals surface area contributed by atoms with Crippen molar-refractivity contribution in [3.05, 3.63) is 77.8 Å². The molecule has 0 spiro atoms. The van der Waals surface area contributed by atoms with Gasteiger partial charge in [0.25, 0.3) is 0 Å². The number of halogens is 1. The first-order valence-electron chi connectivity index (χ1n) is 7.03. The first-order chi connectivity index (χ1) is 11.2. The third-order valence-electron chi connectivity index (χ3n) is 3.48. The lowest BCUT2D eigenvalue weighted by Crippen LogP contribution is -2.17. The van der Waals surface area contributed by atoms with Gasteiger partial charge in [-0.2, -0.15) is 5.26 Å². The van der Waals surface area contributed by atoms with Gasteiger partial charge in [0, 0.05) is 25.6 Å². The van der Waals surface area contributed by atoms with Gasteiger partial charge in [0.05, 0.1) is 5.56 Å². The fourth-order valence-electron chi connectivity index (χ4n) is 2.33. The second-order valence-corrected chi connectivity index (χ2v) is 5.07. The maximum Gasteiger partial charge on any atom is 0.135 e. The van der Waals surface area contributed by atoms with E-state index < -0.39 is 0 Å². The second kappa shape index (κ2) is 6.28. The maximum absolute atomic E-state index is 13.6. The molecule has 0 unspecified atom stereocenters. The SMILES string of the molecule is Cn1ccnc1[C@@H](Nc1ccc(C#N)cn1)c1cccc(F)c1. The number of pyridine rings is 1. The Labute approximate surface area is 133 Å². The van der Waals surface area contributed by atoms with Crippen molar-refractivity contribution < 1.29 is 4.39 Å². The minimum atomic E-state index is -0.355. The molecule has 1 N–H and O–H groups in total. The van der Waals surface area contributed by atoms with Gasteiger partial charge in [0.1, 0.15) is 29.6 Å². The number of aryl methyl sites for hydroxylation is 1. The molecule has 114 valence electrons. The van der Waals surface area contributed by atoms with Crippen LogP contribution in [0, 0.1) is 17.1 Å². The number of benzene rings is 1. The number of nitrogens with zero attached hydrogens (tertiary/aromatic N) is 4. The molecular formula is C17H14FN5. The number of nitriles is 1. The highest BCUT2D eigenvalue weighted by atomic mass is 19.1. The van der Waals surface area contributed by atoms with Gasteiger partial charge in [0.2, 0.25) is 0 Å². The lowest BCUT2D eigenvalue weighted by molar-refractivity contribution is 0.622. The Bertz CT molecular complexity index is 848. The number of anilines is 1. The highest BCUT2D eigenvalue weighted by Gasteiger charge is 2.19. The topological polar surface area (TPSA) is 66.5 Å². The van der Waals surface area contributed by atoms with Crippen LogP contribution in [-0.2, 0) is 7.05 Å². The Morgan fingerprint density at radius 3 is 2.74 bits per heavy atom. The normalized spacial score (nSPS) is 11.7. The van der Waals surface area contributed by atoms with Crippen molar-refractivity contribution in [3.63, 3.8) is 0 Å². The number of rotatable bonds is 4. The summed E-state index contributed by atoms with van der Waals surface area (Å²) in [5.41, 5.74) is 1.22. The summed E-state index contributed by atoms with van der Waals surface area (Å²) in [6.07, 6.45) is 5.01. The van der Waals surface area contributed by atoms with Gasteiger partial charge in [-0.25, -0.2) is 14.4 Å². The molecule has 0 aliphatic heterocycles. The molecule has 0 aliphatic carbocycles. The monoisotopic (exact) mass is 307 g/mol. The zero-order chi connectivity index (χ0) is 16.2. The molecule has 0 saturated carbocycles. The van der Waals surface area contributed by atoms with Crippen LogP contribution in [-0.4, -0.2) is 14.5 Å². The summed E-state index contributed by atoms with van der Waals surface area (Å²) in [4.78, 5) is 8.56. The standard InChI is InChI=1S/C17H14FN5/c1-23-8-7-20-17(23)16(13-3-2-4-14(18)9-13)22-15-6-5-12(10-19)11-21-15/h2-9,11,16H,1H3,(H,21,22)/t16-/m0/s1. The molecule has 3 rings (SSSR count). The molecule has 2 heterocycles. The zero-order valence-electron chi connectivity index (χ0n) is 12.4. The predicted octanol–water partition coefficient (Wildman–Crippen LogP) is 3.03. The summed E-state index contributed by atoms with van der Waals surface area (Å²) in [6.45, 7) is 0. The molecule has 3 aromatic rings. The second-order valence-electron chi connectivity index (χ2n) is 5.07. The molecular weight excluding hydrogens is 293 g/mol. The van der Waals surface area contributed by atoms with E-state index >= 15 is 0 Å². The number of nitrogens with one attached hydrogen (secondary N) is 1. The molecule has 0 fully saturated rings. The molecule has 1 atom stereocenters. The van der Waals surface area contributed by atoms with Crippen molar-refractivity contribution in [2.24, 2.45) is 7.05 Å². The third kappa shape index (κ3) is 3.19. The van der Waals surface area contributed by atoms with Crippen LogP contribution in [0.15, 0.2) is 55.0 Å². The third-order valence-corrected chi connectivity index (χ3v) is 3.48. The fourth-order valence-corrected chi connectivity index (χ4v) is 2.33. The van der Waals surface area contributed by atoms with Crippen LogP contribution in [0.4, 0.5) is 10.2 Å². The summed E-state index contributed by atoms with van der Waals surface area (Å²) in [5, 5.41) is 12.1. The smallest absolute Gasteiger partial charge is 0.135 e. The largest absolute Gasteiger partial charge is 0.356 e. The van der Waals surface area contributed by atoms with Gasteiger partial charge in [-0.1, -0.05) is 12.1 Å². The minimum Gasteiger partial charge on any atom is -0.356 e. The van der Waals surface area contributed by atoms with Crippen LogP contribution in [0.2, 0.25) is 0 Å². The van der Waals surface area contributed by atoms with E-state index in [4.69, 9.17) is 5.26 Å². The Morgan fingerprint density at radius 2 is 2.13 bits per heavy atom. The van der Waals surface area contributed by atoms with Gasteiger partial charge in [-0.3, -0.25) is 0 Å². The Kier molecular flexibility index (Phi) is 4.02. The van der Waals surface area contributed by atoms with Gasteiger partial charge in [-0.15, -0.1) is 0 Å². The van der Waals surface area contributed by atoms with Crippen LogP contribution in [0.25, 0.3) is 0 Å². The van der Waals surface area contributed by atoms with E-state index in [1.165, 1.54) is 18.3 Å². The van der Waals surface area contributed by atoms with Crippen molar-refractivity contribution in [1.82, 2.24) is 14.5 Å². The average Bonchev–Trinajstić information content (AvgIpc) is 2.99. The van der Waals surface area contributed by atoms with Crippen molar-refractivity contribution in [3.8, 4) is 6.07 Å². The van der Waals surface area contributed by atoms with Crippen LogP contribution in [0.5, 0.6) is 0 Å². The van der Waals surface area contributed by atoms with Crippen LogP contribution >= 0.6 is 0 Å². The molecule has 0 amide bonds. The highest BCUT2D eigenvalue weighted by molar-refractivity contribution is 5.44. The van der Waals surface area contributed by atoms with E-state index in [2.05, 4.69) is 15.3 Å². The van der Waals surface area contributed by atoms with Gasteiger partial charge in [-0.05, 0) is 29.8 Å². The van der Waals surface area contributed by atoms with E-state index in [1.54, 1.807) is 24.4 Å². The van der Waals surface area contributed by atoms with Gasteiger partial charge < -0.3 is 9.88 Å². The number of aromatic nitrogens is 3. The van der Waals surface area contributed by atoms with Crippen molar-refractivity contribution in [2.45, 2.75) is 6.04 Å². The highest BCUT2D eigenvalue weighted by Crippen LogP contribution is 2.25. The van der Waals surface area contributed by atoms with Gasteiger partial charge >= 0.3 is 0 Å². The maximum atomic E-state index is 13.6. The molecule has 0 radical (unpaired) electrons. The molecule has 0 saturated heterocycles. The molecule has 1 aromatic carbocycles. The number of hydrogen-bond acceptors (Lipinski definition) is 4. The summed E-state index contributed by atoms with van der Waals surface area (Å²) in [7, 11) is 1.88. The van der Waals surface area contributed by atoms with Crippen LogP contribution in [0.3, 0.4) is 0 Å². The van der Waals surface area contributed by atoms with E-state index in [9.17, 15) is 4.39 Å². The molecule has 5 nitrogen and oxygen atoms in total. The molecule has 6 heteroatoms. The van der Waals surface area contributed by atoms with E-state index in [0.717, 1.165) is 11.4 Å². The predicted molar refractivity (Wildman–Crippen MR) is 84.0 cm³/mol. The van der Waals surface area contributed by atoms with Crippen LogP contribution in [0.1, 0.15) is 23.0 Å². The van der Waals surface area contributed by atoms with Gasteiger partial charge in [0.15, 0.2) is 0 Å². The average molecular weight is 307 g/mol. The van der Waals surface area contributed by atoms with Crippen molar-refractivity contribution >= 4 is 5.82 Å². The number of hydrogen-bond donors (Lipinski definition) is 1. The Morgan fingerprint density at radius 1 is 1.26 bits per heavy atom. The summed E-state index contributed by atoms with van der Waals surface area (Å²) in [5.74, 6) is 1.01. The van der Waals surface area contributed by atoms with Crippen molar-refractivity contribution in [2.75, 3.05) is 5.32 Å². The number of imidazole rings is 1. The lowest BCUT2D eigenvalue weighted by Gasteiger charge is -2.19. The molecule has 23 heavy (non-hydrogen) atoms. The molecule has 2 aromatic heterocycles. The summed E-state index contributed by atoms with van der Waals surface area (Å²) >= 11 is 0. The van der Waals surface area contributed by atoms with Crippen LogP contribution < -0.4 is 5.32 Å². The quantitative estimate of drug-likeness (QED) is 0.804. The Hall–Kier alpha value is -3.20. The minimum absolute atomic E-state index is 0.309. The molecule has 0 aliphatic rings. The lowest BCUT2D eigenvalue weighted by atomic mass is 10.1. The summed E-state index contributed by atoms with van der Waals surface area (Å²) in [6, 6.07) is 11.4. The van der Waals surface area contributed by atoms with Crippen molar-refractivity contribution in [1.29, 1.82) is 5.26 Å².